The highest BCUT2D eigenvalue weighted by Gasteiger charge is 2.34. The summed E-state index contributed by atoms with van der Waals surface area (Å²) in [6, 6.07) is 3.73. The molecular weight excluding hydrogens is 238 g/mol. The predicted molar refractivity (Wildman–Crippen MR) is 65.2 cm³/mol. The van der Waals surface area contributed by atoms with Gasteiger partial charge in [0.2, 0.25) is 0 Å². The van der Waals surface area contributed by atoms with Crippen LogP contribution >= 0.6 is 0 Å². The quantitative estimate of drug-likeness (QED) is 0.752. The molecule has 2 atom stereocenters. The minimum absolute atomic E-state index is 0.160. The fourth-order valence-electron chi connectivity index (χ4n) is 2.05. The first-order valence-electron chi connectivity index (χ1n) is 6.26. The number of rotatable bonds is 2. The van der Waals surface area contributed by atoms with E-state index in [1.165, 1.54) is 6.07 Å². The van der Waals surface area contributed by atoms with Gasteiger partial charge >= 0.3 is 5.97 Å². The number of ether oxygens (including phenoxy) is 1. The number of carbonyl (C=O) groups is 1. The lowest BCUT2D eigenvalue weighted by atomic mass is 9.91. The largest absolute Gasteiger partial charge is 0.462 e. The molecule has 18 heavy (non-hydrogen) atoms. The van der Waals surface area contributed by atoms with Crippen molar-refractivity contribution in [2.75, 3.05) is 0 Å². The van der Waals surface area contributed by atoms with Gasteiger partial charge in [-0.05, 0) is 24.1 Å². The molecule has 100 valence electrons. The Bertz CT molecular complexity index is 418. The molecule has 0 aliphatic carbocycles. The number of cyclic esters (lactones) is 1. The van der Waals surface area contributed by atoms with Crippen molar-refractivity contribution in [2.45, 2.75) is 45.6 Å². The molecule has 0 saturated carbocycles. The molecule has 2 unspecified atom stereocenters. The van der Waals surface area contributed by atoms with Crippen LogP contribution in [0.4, 0.5) is 8.78 Å². The second-order valence-corrected chi connectivity index (χ2v) is 3.92. The van der Waals surface area contributed by atoms with Crippen molar-refractivity contribution in [1.29, 1.82) is 0 Å². The first-order chi connectivity index (χ1) is 8.61. The fraction of sp³-hybridized carbons (Fsp3) is 0.500. The highest BCUT2D eigenvalue weighted by atomic mass is 19.2. The van der Waals surface area contributed by atoms with Crippen LogP contribution in [0, 0.1) is 11.6 Å². The summed E-state index contributed by atoms with van der Waals surface area (Å²) in [6.07, 6.45) is 0.691. The molecule has 4 heteroatoms. The summed E-state index contributed by atoms with van der Waals surface area (Å²) >= 11 is 0. The van der Waals surface area contributed by atoms with Crippen molar-refractivity contribution >= 4 is 5.97 Å². The second kappa shape index (κ2) is 6.47. The molecule has 1 saturated heterocycles. The molecule has 0 spiro atoms. The van der Waals surface area contributed by atoms with Crippen LogP contribution in [0.25, 0.3) is 0 Å². The number of hydrogen-bond acceptors (Lipinski definition) is 2. The first kappa shape index (κ1) is 14.6. The summed E-state index contributed by atoms with van der Waals surface area (Å²) in [5, 5.41) is 0. The van der Waals surface area contributed by atoms with Crippen LogP contribution in [0.3, 0.4) is 0 Å². The average Bonchev–Trinajstić information content (AvgIpc) is 2.76. The van der Waals surface area contributed by atoms with E-state index in [1.54, 1.807) is 0 Å². The van der Waals surface area contributed by atoms with E-state index in [0.717, 1.165) is 12.1 Å². The van der Waals surface area contributed by atoms with E-state index in [-0.39, 0.29) is 24.4 Å². The molecule has 0 N–H and O–H groups in total. The predicted octanol–water partition coefficient (Wildman–Crippen LogP) is 3.80. The van der Waals surface area contributed by atoms with Crippen LogP contribution in [0.5, 0.6) is 0 Å². The van der Waals surface area contributed by atoms with Gasteiger partial charge in [-0.25, -0.2) is 8.78 Å². The fourth-order valence-corrected chi connectivity index (χ4v) is 2.05. The molecular formula is C14H18F2O2. The van der Waals surface area contributed by atoms with Gasteiger partial charge in [0.05, 0.1) is 6.42 Å². The van der Waals surface area contributed by atoms with E-state index < -0.39 is 11.6 Å². The summed E-state index contributed by atoms with van der Waals surface area (Å²) in [4.78, 5) is 11.2. The maximum absolute atomic E-state index is 13.1. The monoisotopic (exact) mass is 256 g/mol. The smallest absolute Gasteiger partial charge is 0.306 e. The molecule has 0 radical (unpaired) electrons. The molecule has 0 amide bonds. The summed E-state index contributed by atoms with van der Waals surface area (Å²) in [5.41, 5.74) is 0.622. The van der Waals surface area contributed by atoms with Crippen molar-refractivity contribution in [1.82, 2.24) is 0 Å². The Balaban J connectivity index is 0.000000771. The van der Waals surface area contributed by atoms with E-state index in [1.807, 2.05) is 20.8 Å². The molecule has 2 nitrogen and oxygen atoms in total. The number of benzene rings is 1. The molecule has 1 heterocycles. The molecule has 1 aromatic carbocycles. The van der Waals surface area contributed by atoms with Crippen LogP contribution in [0.15, 0.2) is 18.2 Å². The number of halogens is 2. The van der Waals surface area contributed by atoms with E-state index in [4.69, 9.17) is 4.74 Å². The third-order valence-electron chi connectivity index (χ3n) is 2.89. The van der Waals surface area contributed by atoms with Gasteiger partial charge in [0, 0.05) is 5.92 Å². The van der Waals surface area contributed by atoms with E-state index in [2.05, 4.69) is 0 Å². The Morgan fingerprint density at radius 3 is 2.50 bits per heavy atom. The standard InChI is InChI=1S/C12H12F2O2.C2H6/c1-2-11-8(6-12(15)16-11)7-3-4-9(13)10(14)5-7;1-2/h3-5,8,11H,2,6H2,1H3;1-2H3. The molecule has 1 aliphatic rings. The molecule has 0 aromatic heterocycles. The Labute approximate surface area is 106 Å². The van der Waals surface area contributed by atoms with Gasteiger partial charge in [0.25, 0.3) is 0 Å². The van der Waals surface area contributed by atoms with Crippen LogP contribution in [-0.2, 0) is 9.53 Å². The SMILES string of the molecule is CC.CCC1OC(=O)CC1c1ccc(F)c(F)c1. The third-order valence-corrected chi connectivity index (χ3v) is 2.89. The van der Waals surface area contributed by atoms with Crippen molar-refractivity contribution in [3.05, 3.63) is 35.4 Å². The highest BCUT2D eigenvalue weighted by molar-refractivity contribution is 5.73. The van der Waals surface area contributed by atoms with Crippen molar-refractivity contribution in [3.8, 4) is 0 Å². The van der Waals surface area contributed by atoms with Crippen LogP contribution in [0.1, 0.15) is 45.1 Å². The van der Waals surface area contributed by atoms with E-state index >= 15 is 0 Å². The maximum atomic E-state index is 13.1. The molecule has 2 rings (SSSR count). The van der Waals surface area contributed by atoms with Crippen LogP contribution in [0.2, 0.25) is 0 Å². The zero-order valence-corrected chi connectivity index (χ0v) is 10.9. The lowest BCUT2D eigenvalue weighted by molar-refractivity contribution is -0.141. The first-order valence-corrected chi connectivity index (χ1v) is 6.26. The van der Waals surface area contributed by atoms with Crippen LogP contribution < -0.4 is 0 Å². The normalized spacial score (nSPS) is 22.2. The lowest BCUT2D eigenvalue weighted by Crippen LogP contribution is -2.13. The van der Waals surface area contributed by atoms with Crippen molar-refractivity contribution in [2.24, 2.45) is 0 Å². The van der Waals surface area contributed by atoms with Gasteiger partial charge in [-0.2, -0.15) is 0 Å². The summed E-state index contributed by atoms with van der Waals surface area (Å²) < 4.78 is 30.9. The second-order valence-electron chi connectivity index (χ2n) is 3.92. The van der Waals surface area contributed by atoms with Crippen molar-refractivity contribution in [3.63, 3.8) is 0 Å². The van der Waals surface area contributed by atoms with E-state index in [0.29, 0.717) is 12.0 Å². The summed E-state index contributed by atoms with van der Waals surface area (Å²) in [7, 11) is 0. The zero-order valence-electron chi connectivity index (χ0n) is 10.9. The third kappa shape index (κ3) is 3.06. The zero-order chi connectivity index (χ0) is 13.7. The Morgan fingerprint density at radius 1 is 1.28 bits per heavy atom. The van der Waals surface area contributed by atoms with Gasteiger partial charge in [-0.1, -0.05) is 26.8 Å². The van der Waals surface area contributed by atoms with Gasteiger partial charge in [-0.3, -0.25) is 4.79 Å². The topological polar surface area (TPSA) is 26.3 Å². The number of esters is 1. The molecule has 0 bridgehead atoms. The Morgan fingerprint density at radius 2 is 1.94 bits per heavy atom. The van der Waals surface area contributed by atoms with Crippen molar-refractivity contribution < 1.29 is 18.3 Å². The van der Waals surface area contributed by atoms with Gasteiger partial charge < -0.3 is 4.74 Å². The van der Waals surface area contributed by atoms with Gasteiger partial charge in [-0.15, -0.1) is 0 Å². The minimum Gasteiger partial charge on any atom is -0.462 e. The minimum atomic E-state index is -0.883. The molecule has 1 fully saturated rings. The Kier molecular flexibility index (Phi) is 5.25. The number of hydrogen-bond donors (Lipinski definition) is 0. The number of carbonyl (C=O) groups excluding carboxylic acids is 1. The van der Waals surface area contributed by atoms with Crippen LogP contribution in [-0.4, -0.2) is 12.1 Å². The average molecular weight is 256 g/mol. The lowest BCUT2D eigenvalue weighted by Gasteiger charge is -2.15. The molecule has 1 aliphatic heterocycles. The molecule has 1 aromatic rings. The maximum Gasteiger partial charge on any atom is 0.306 e. The van der Waals surface area contributed by atoms with Gasteiger partial charge in [0.15, 0.2) is 11.6 Å². The van der Waals surface area contributed by atoms with E-state index in [9.17, 15) is 13.6 Å². The van der Waals surface area contributed by atoms with Gasteiger partial charge in [0.1, 0.15) is 6.10 Å². The summed E-state index contributed by atoms with van der Waals surface area (Å²) in [5.74, 6) is -2.19. The highest BCUT2D eigenvalue weighted by Crippen LogP contribution is 2.34. The Hall–Kier alpha value is -1.45. The summed E-state index contributed by atoms with van der Waals surface area (Å²) in [6.45, 7) is 5.90.